The molecule has 0 aliphatic carbocycles. The normalized spacial score (nSPS) is 21.0. The molecule has 0 aromatic heterocycles. The van der Waals surface area contributed by atoms with Crippen LogP contribution in [-0.2, 0) is 19.1 Å². The molecule has 1 fully saturated rings. The van der Waals surface area contributed by atoms with Gasteiger partial charge < -0.3 is 5.11 Å². The van der Waals surface area contributed by atoms with Gasteiger partial charge in [0.05, 0.1) is 11.7 Å². The van der Waals surface area contributed by atoms with Crippen LogP contribution in [0.1, 0.15) is 30.0 Å². The molecular weight excluding hydrogens is 255 g/mol. The smallest absolute Gasteiger partial charge is 0.392 e. The third kappa shape index (κ3) is 3.70. The summed E-state index contributed by atoms with van der Waals surface area (Å²) in [6, 6.07) is 4.24. The standard InChI is InChI=1S/C14H18F3NO/c1-2-10-5-11(7-12(6-10)14(15,16)17)8-18-4-3-13(19)9-18/h5-7,13,19H,2-4,8-9H2,1H3/t13-/m1/s1. The predicted octanol–water partition coefficient (Wildman–Crippen LogP) is 2.83. The van der Waals surface area contributed by atoms with E-state index in [1.807, 2.05) is 17.9 Å². The largest absolute Gasteiger partial charge is 0.416 e. The summed E-state index contributed by atoms with van der Waals surface area (Å²) in [4.78, 5) is 1.99. The number of rotatable bonds is 3. The van der Waals surface area contributed by atoms with Gasteiger partial charge in [0.25, 0.3) is 0 Å². The summed E-state index contributed by atoms with van der Waals surface area (Å²) in [7, 11) is 0. The number of β-amino-alcohol motifs (C(OH)–C–C–N with tert-alkyl or cyclic N) is 1. The minimum absolute atomic E-state index is 0.351. The molecule has 1 saturated heterocycles. The summed E-state index contributed by atoms with van der Waals surface area (Å²) in [5.74, 6) is 0. The van der Waals surface area contributed by atoms with Crippen LogP contribution in [0, 0.1) is 0 Å². The van der Waals surface area contributed by atoms with Gasteiger partial charge in [0.1, 0.15) is 0 Å². The van der Waals surface area contributed by atoms with Crippen molar-refractivity contribution in [2.75, 3.05) is 13.1 Å². The Hall–Kier alpha value is -1.07. The third-order valence-corrected chi connectivity index (χ3v) is 3.44. The Morgan fingerprint density at radius 3 is 2.47 bits per heavy atom. The highest BCUT2D eigenvalue weighted by atomic mass is 19.4. The molecule has 0 unspecified atom stereocenters. The molecule has 0 spiro atoms. The van der Waals surface area contributed by atoms with Crippen molar-refractivity contribution in [3.63, 3.8) is 0 Å². The highest BCUT2D eigenvalue weighted by Crippen LogP contribution is 2.31. The molecule has 0 bridgehead atoms. The number of aliphatic hydroxyl groups excluding tert-OH is 1. The van der Waals surface area contributed by atoms with Gasteiger partial charge in [-0.3, -0.25) is 4.90 Å². The molecule has 1 N–H and O–H groups in total. The van der Waals surface area contributed by atoms with Crippen molar-refractivity contribution in [1.82, 2.24) is 4.90 Å². The molecule has 5 heteroatoms. The number of hydrogen-bond acceptors (Lipinski definition) is 2. The van der Waals surface area contributed by atoms with E-state index in [1.54, 1.807) is 0 Å². The Bertz CT molecular complexity index is 445. The lowest BCUT2D eigenvalue weighted by atomic mass is 10.0. The van der Waals surface area contributed by atoms with Crippen LogP contribution in [0.4, 0.5) is 13.2 Å². The maximum Gasteiger partial charge on any atom is 0.416 e. The molecule has 2 rings (SSSR count). The van der Waals surface area contributed by atoms with Crippen LogP contribution in [0.3, 0.4) is 0 Å². The summed E-state index contributed by atoms with van der Waals surface area (Å²) in [6.07, 6.45) is -3.37. The van der Waals surface area contributed by atoms with Crippen molar-refractivity contribution in [2.24, 2.45) is 0 Å². The molecule has 19 heavy (non-hydrogen) atoms. The van der Waals surface area contributed by atoms with E-state index in [1.165, 1.54) is 12.1 Å². The zero-order chi connectivity index (χ0) is 14.0. The molecule has 1 aliphatic heterocycles. The average molecular weight is 273 g/mol. The van der Waals surface area contributed by atoms with E-state index in [0.29, 0.717) is 37.1 Å². The third-order valence-electron chi connectivity index (χ3n) is 3.44. The Labute approximate surface area is 110 Å². The fraction of sp³-hybridized carbons (Fsp3) is 0.571. The number of benzene rings is 1. The molecule has 1 aliphatic rings. The molecule has 0 saturated carbocycles. The number of aliphatic hydroxyl groups is 1. The minimum Gasteiger partial charge on any atom is -0.392 e. The Morgan fingerprint density at radius 1 is 1.26 bits per heavy atom. The van der Waals surface area contributed by atoms with E-state index in [2.05, 4.69) is 0 Å². The average Bonchev–Trinajstić information content (AvgIpc) is 2.73. The van der Waals surface area contributed by atoms with Crippen LogP contribution in [0.5, 0.6) is 0 Å². The lowest BCUT2D eigenvalue weighted by Crippen LogP contribution is -2.22. The molecule has 106 valence electrons. The van der Waals surface area contributed by atoms with Gasteiger partial charge in [-0.25, -0.2) is 0 Å². The SMILES string of the molecule is CCc1cc(CN2CC[C@@H](O)C2)cc(C(F)(F)F)c1. The van der Waals surface area contributed by atoms with Crippen LogP contribution in [-0.4, -0.2) is 29.2 Å². The van der Waals surface area contributed by atoms with E-state index < -0.39 is 11.7 Å². The lowest BCUT2D eigenvalue weighted by molar-refractivity contribution is -0.137. The Morgan fingerprint density at radius 2 is 1.95 bits per heavy atom. The molecule has 0 amide bonds. The summed E-state index contributed by atoms with van der Waals surface area (Å²) >= 11 is 0. The quantitative estimate of drug-likeness (QED) is 0.915. The van der Waals surface area contributed by atoms with Crippen molar-refractivity contribution in [3.05, 3.63) is 34.9 Å². The number of alkyl halides is 3. The van der Waals surface area contributed by atoms with Gasteiger partial charge in [-0.1, -0.05) is 13.0 Å². The Kier molecular flexibility index (Phi) is 4.16. The van der Waals surface area contributed by atoms with Crippen LogP contribution < -0.4 is 0 Å². The Balaban J connectivity index is 2.20. The zero-order valence-electron chi connectivity index (χ0n) is 10.9. The van der Waals surface area contributed by atoms with Gasteiger partial charge in [0.2, 0.25) is 0 Å². The van der Waals surface area contributed by atoms with Gasteiger partial charge >= 0.3 is 6.18 Å². The molecule has 2 nitrogen and oxygen atoms in total. The summed E-state index contributed by atoms with van der Waals surface area (Å²) < 4.78 is 38.4. The monoisotopic (exact) mass is 273 g/mol. The maximum atomic E-state index is 12.8. The first kappa shape index (κ1) is 14.3. The second-order valence-electron chi connectivity index (χ2n) is 5.07. The van der Waals surface area contributed by atoms with Crippen molar-refractivity contribution in [3.8, 4) is 0 Å². The van der Waals surface area contributed by atoms with Crippen molar-refractivity contribution in [1.29, 1.82) is 0 Å². The first-order valence-corrected chi connectivity index (χ1v) is 6.49. The van der Waals surface area contributed by atoms with Gasteiger partial charge in [0, 0.05) is 19.6 Å². The predicted molar refractivity (Wildman–Crippen MR) is 66.7 cm³/mol. The molecule has 1 aromatic carbocycles. The molecule has 1 aromatic rings. The zero-order valence-corrected chi connectivity index (χ0v) is 10.9. The number of aryl methyl sites for hydroxylation is 1. The van der Waals surface area contributed by atoms with E-state index in [4.69, 9.17) is 0 Å². The van der Waals surface area contributed by atoms with E-state index >= 15 is 0 Å². The van der Waals surface area contributed by atoms with E-state index in [9.17, 15) is 18.3 Å². The minimum atomic E-state index is -4.30. The fourth-order valence-electron chi connectivity index (χ4n) is 2.44. The van der Waals surface area contributed by atoms with Gasteiger partial charge in [0.15, 0.2) is 0 Å². The van der Waals surface area contributed by atoms with Gasteiger partial charge in [-0.2, -0.15) is 13.2 Å². The molecular formula is C14H18F3NO. The lowest BCUT2D eigenvalue weighted by Gasteiger charge is -2.17. The van der Waals surface area contributed by atoms with Crippen molar-refractivity contribution < 1.29 is 18.3 Å². The summed E-state index contributed by atoms with van der Waals surface area (Å²) in [6.45, 7) is 3.59. The number of halogens is 3. The van der Waals surface area contributed by atoms with Crippen molar-refractivity contribution in [2.45, 2.75) is 38.6 Å². The second kappa shape index (κ2) is 5.51. The van der Waals surface area contributed by atoms with E-state index in [0.717, 1.165) is 6.54 Å². The highest BCUT2D eigenvalue weighted by molar-refractivity contribution is 5.32. The molecule has 1 heterocycles. The first-order valence-electron chi connectivity index (χ1n) is 6.49. The highest BCUT2D eigenvalue weighted by Gasteiger charge is 2.31. The van der Waals surface area contributed by atoms with Gasteiger partial charge in [-0.05, 0) is 36.1 Å². The number of nitrogens with zero attached hydrogens (tertiary/aromatic N) is 1. The molecule has 0 radical (unpaired) electrons. The number of hydrogen-bond donors (Lipinski definition) is 1. The van der Waals surface area contributed by atoms with Gasteiger partial charge in [-0.15, -0.1) is 0 Å². The van der Waals surface area contributed by atoms with Crippen LogP contribution >= 0.6 is 0 Å². The van der Waals surface area contributed by atoms with Crippen LogP contribution in [0.2, 0.25) is 0 Å². The topological polar surface area (TPSA) is 23.5 Å². The number of likely N-dealkylation sites (tertiary alicyclic amines) is 1. The van der Waals surface area contributed by atoms with Crippen LogP contribution in [0.25, 0.3) is 0 Å². The van der Waals surface area contributed by atoms with E-state index in [-0.39, 0.29) is 6.10 Å². The summed E-state index contributed by atoms with van der Waals surface area (Å²) in [5, 5.41) is 9.44. The maximum absolute atomic E-state index is 12.8. The fourth-order valence-corrected chi connectivity index (χ4v) is 2.44. The van der Waals surface area contributed by atoms with Crippen molar-refractivity contribution >= 4 is 0 Å². The van der Waals surface area contributed by atoms with Crippen LogP contribution in [0.15, 0.2) is 18.2 Å². The second-order valence-corrected chi connectivity index (χ2v) is 5.07. The molecule has 1 atom stereocenters. The summed E-state index contributed by atoms with van der Waals surface area (Å²) in [5.41, 5.74) is 0.784. The first-order chi connectivity index (χ1) is 8.88.